The first kappa shape index (κ1) is 28.0. The average molecular weight is 528 g/mol. The maximum Gasteiger partial charge on any atom is 0.325 e. The molecule has 2 amide bonds. The first-order valence-corrected chi connectivity index (χ1v) is 13.1. The molecule has 3 atom stereocenters. The van der Waals surface area contributed by atoms with Crippen molar-refractivity contribution in [3.8, 4) is 0 Å². The molecule has 10 nitrogen and oxygen atoms in total. The summed E-state index contributed by atoms with van der Waals surface area (Å²) in [5, 5.41) is 14.6. The van der Waals surface area contributed by atoms with Crippen LogP contribution in [0.15, 0.2) is 48.5 Å². The van der Waals surface area contributed by atoms with Gasteiger partial charge in [0.05, 0.1) is 38.6 Å². The predicted molar refractivity (Wildman–Crippen MR) is 139 cm³/mol. The van der Waals surface area contributed by atoms with Crippen LogP contribution in [0.5, 0.6) is 0 Å². The highest BCUT2D eigenvalue weighted by Gasteiger charge is 2.33. The molecule has 0 aliphatic carbocycles. The third-order valence-electron chi connectivity index (χ3n) is 6.58. The molecule has 2 aliphatic heterocycles. The lowest BCUT2D eigenvalue weighted by Crippen LogP contribution is -2.44. The van der Waals surface area contributed by atoms with Crippen LogP contribution in [0, 0.1) is 0 Å². The number of urea groups is 1. The summed E-state index contributed by atoms with van der Waals surface area (Å²) in [7, 11) is 0. The van der Waals surface area contributed by atoms with Crippen LogP contribution in [-0.2, 0) is 36.9 Å². The first-order chi connectivity index (χ1) is 18.5. The molecule has 0 saturated carbocycles. The molecule has 4 rings (SSSR count). The Morgan fingerprint density at radius 1 is 0.974 bits per heavy atom. The van der Waals surface area contributed by atoms with Crippen LogP contribution in [0.1, 0.15) is 48.0 Å². The molecule has 2 heterocycles. The maximum absolute atomic E-state index is 12.0. The monoisotopic (exact) mass is 527 g/mol. The number of amides is 2. The molecule has 0 aromatic heterocycles. The number of morpholine rings is 1. The van der Waals surface area contributed by atoms with E-state index < -0.39 is 18.3 Å². The Labute approximate surface area is 223 Å². The lowest BCUT2D eigenvalue weighted by atomic mass is 9.99. The van der Waals surface area contributed by atoms with Gasteiger partial charge in [-0.3, -0.25) is 9.69 Å². The second-order valence-electron chi connectivity index (χ2n) is 9.35. The van der Waals surface area contributed by atoms with E-state index in [9.17, 15) is 14.7 Å². The van der Waals surface area contributed by atoms with Gasteiger partial charge in [0, 0.05) is 38.2 Å². The van der Waals surface area contributed by atoms with Gasteiger partial charge in [0.15, 0.2) is 6.29 Å². The van der Waals surface area contributed by atoms with Crippen molar-refractivity contribution in [3.63, 3.8) is 0 Å². The molecule has 2 aromatic carbocycles. The third-order valence-corrected chi connectivity index (χ3v) is 6.58. The fourth-order valence-electron chi connectivity index (χ4n) is 4.51. The number of rotatable bonds is 10. The second kappa shape index (κ2) is 14.2. The number of aliphatic hydroxyl groups excluding tert-OH is 1. The number of esters is 1. The topological polar surface area (TPSA) is 119 Å². The average Bonchev–Trinajstić information content (AvgIpc) is 2.96. The number of hydrogen-bond donors (Lipinski definition) is 3. The van der Waals surface area contributed by atoms with Gasteiger partial charge in [0.1, 0.15) is 6.54 Å². The van der Waals surface area contributed by atoms with Crippen molar-refractivity contribution in [2.75, 3.05) is 46.0 Å². The van der Waals surface area contributed by atoms with Crippen LogP contribution in [0.3, 0.4) is 0 Å². The summed E-state index contributed by atoms with van der Waals surface area (Å²) in [5.41, 5.74) is 3.71. The molecule has 0 bridgehead atoms. The Morgan fingerprint density at radius 2 is 1.66 bits per heavy atom. The largest absolute Gasteiger partial charge is 0.465 e. The Balaban J connectivity index is 1.38. The van der Waals surface area contributed by atoms with Crippen LogP contribution >= 0.6 is 0 Å². The quantitative estimate of drug-likeness (QED) is 0.403. The van der Waals surface area contributed by atoms with E-state index in [0.29, 0.717) is 6.54 Å². The minimum absolute atomic E-state index is 0.00541. The van der Waals surface area contributed by atoms with Crippen LogP contribution < -0.4 is 10.6 Å². The van der Waals surface area contributed by atoms with E-state index in [2.05, 4.69) is 15.5 Å². The highest BCUT2D eigenvalue weighted by atomic mass is 16.7. The number of carbonyl (C=O) groups is 2. The minimum Gasteiger partial charge on any atom is -0.465 e. The first-order valence-electron chi connectivity index (χ1n) is 13.1. The van der Waals surface area contributed by atoms with Crippen molar-refractivity contribution in [2.45, 2.75) is 45.0 Å². The summed E-state index contributed by atoms with van der Waals surface area (Å²) >= 11 is 0. The van der Waals surface area contributed by atoms with E-state index in [1.54, 1.807) is 6.92 Å². The number of nitrogens with one attached hydrogen (secondary N) is 2. The van der Waals surface area contributed by atoms with Crippen molar-refractivity contribution < 1.29 is 33.6 Å². The number of aliphatic hydroxyl groups is 1. The molecule has 2 aromatic rings. The minimum atomic E-state index is -0.535. The molecule has 3 N–H and O–H groups in total. The molecule has 2 saturated heterocycles. The maximum atomic E-state index is 12.0. The summed E-state index contributed by atoms with van der Waals surface area (Å²) in [6.07, 6.45) is 0.0397. The number of carbonyl (C=O) groups excluding carboxylic acids is 2. The molecule has 10 heteroatoms. The zero-order valence-electron chi connectivity index (χ0n) is 21.8. The lowest BCUT2D eigenvalue weighted by Gasteiger charge is -2.39. The third kappa shape index (κ3) is 8.24. The van der Waals surface area contributed by atoms with E-state index in [1.165, 1.54) is 0 Å². The van der Waals surface area contributed by atoms with Gasteiger partial charge in [-0.05, 0) is 23.6 Å². The SMILES string of the molecule is CCOC(=O)CNC(=O)NCc1ccc([C@H]2O[C@@H](CN3CCOCC3)C[C@@H](c3ccc(CO)cc3)O2)cc1. The van der Waals surface area contributed by atoms with Gasteiger partial charge < -0.3 is 34.7 Å². The van der Waals surface area contributed by atoms with E-state index in [1.807, 2.05) is 48.5 Å². The number of ether oxygens (including phenoxy) is 4. The summed E-state index contributed by atoms with van der Waals surface area (Å²) in [6, 6.07) is 15.1. The second-order valence-corrected chi connectivity index (χ2v) is 9.35. The molecular formula is C28H37N3O7. The van der Waals surface area contributed by atoms with Gasteiger partial charge in [-0.15, -0.1) is 0 Å². The van der Waals surface area contributed by atoms with Crippen LogP contribution in [0.4, 0.5) is 4.79 Å². The van der Waals surface area contributed by atoms with Crippen LogP contribution in [0.2, 0.25) is 0 Å². The number of benzene rings is 2. The lowest BCUT2D eigenvalue weighted by molar-refractivity contribution is -0.253. The number of hydrogen-bond acceptors (Lipinski definition) is 8. The van der Waals surface area contributed by atoms with Crippen molar-refractivity contribution >= 4 is 12.0 Å². The normalized spacial score (nSPS) is 22.0. The van der Waals surface area contributed by atoms with Gasteiger partial charge in [0.25, 0.3) is 0 Å². The highest BCUT2D eigenvalue weighted by molar-refractivity contribution is 5.80. The van der Waals surface area contributed by atoms with Gasteiger partial charge in [-0.2, -0.15) is 0 Å². The van der Waals surface area contributed by atoms with Crippen LogP contribution in [0.25, 0.3) is 0 Å². The standard InChI is InChI=1S/C28H37N3O7/c1-2-36-26(33)17-30-28(34)29-16-20-3-9-23(10-4-20)27-37-24(18-31-11-13-35-14-12-31)15-25(38-27)22-7-5-21(19-32)6-8-22/h3-10,24-25,27,32H,2,11-19H2,1H3,(H2,29,30,34)/t24-,25+,27+/m1/s1. The van der Waals surface area contributed by atoms with Gasteiger partial charge in [0.2, 0.25) is 0 Å². The Hall–Kier alpha value is -3.02. The molecule has 0 unspecified atom stereocenters. The number of nitrogens with zero attached hydrogens (tertiary/aromatic N) is 1. The highest BCUT2D eigenvalue weighted by Crippen LogP contribution is 2.38. The molecular weight excluding hydrogens is 490 g/mol. The van der Waals surface area contributed by atoms with Crippen molar-refractivity contribution in [1.82, 2.24) is 15.5 Å². The van der Waals surface area contributed by atoms with E-state index in [4.69, 9.17) is 18.9 Å². The van der Waals surface area contributed by atoms with Gasteiger partial charge in [-0.1, -0.05) is 48.5 Å². The summed E-state index contributed by atoms with van der Waals surface area (Å²) in [5.74, 6) is -0.478. The predicted octanol–water partition coefficient (Wildman–Crippen LogP) is 2.42. The zero-order valence-corrected chi connectivity index (χ0v) is 21.8. The molecule has 38 heavy (non-hydrogen) atoms. The van der Waals surface area contributed by atoms with Gasteiger partial charge in [-0.25, -0.2) is 4.79 Å². The Bertz CT molecular complexity index is 1030. The molecule has 0 spiro atoms. The van der Waals surface area contributed by atoms with E-state index in [-0.39, 0.29) is 32.0 Å². The van der Waals surface area contributed by atoms with Crippen LogP contribution in [-0.4, -0.2) is 74.1 Å². The van der Waals surface area contributed by atoms with E-state index >= 15 is 0 Å². The van der Waals surface area contributed by atoms with E-state index in [0.717, 1.165) is 61.5 Å². The zero-order chi connectivity index (χ0) is 26.7. The van der Waals surface area contributed by atoms with Crippen molar-refractivity contribution in [1.29, 1.82) is 0 Å². The Morgan fingerprint density at radius 3 is 2.34 bits per heavy atom. The smallest absolute Gasteiger partial charge is 0.325 e. The summed E-state index contributed by atoms with van der Waals surface area (Å²) < 4.78 is 23.1. The summed E-state index contributed by atoms with van der Waals surface area (Å²) in [4.78, 5) is 25.7. The molecule has 0 radical (unpaired) electrons. The molecule has 2 aliphatic rings. The fourth-order valence-corrected chi connectivity index (χ4v) is 4.51. The van der Waals surface area contributed by atoms with Crippen molar-refractivity contribution in [2.24, 2.45) is 0 Å². The molecule has 2 fully saturated rings. The molecule has 206 valence electrons. The fraction of sp³-hybridized carbons (Fsp3) is 0.500. The van der Waals surface area contributed by atoms with Crippen molar-refractivity contribution in [3.05, 3.63) is 70.8 Å². The Kier molecular flexibility index (Phi) is 10.5. The van der Waals surface area contributed by atoms with Gasteiger partial charge >= 0.3 is 12.0 Å². The summed E-state index contributed by atoms with van der Waals surface area (Å²) in [6.45, 7) is 6.16.